The van der Waals surface area contributed by atoms with Crippen LogP contribution < -0.4 is 9.47 Å². The molecule has 2 rings (SSSR count). The van der Waals surface area contributed by atoms with Gasteiger partial charge in [0.15, 0.2) is 11.5 Å². The van der Waals surface area contributed by atoms with Gasteiger partial charge in [0.05, 0.1) is 25.3 Å². The molecule has 2 aromatic rings. The summed E-state index contributed by atoms with van der Waals surface area (Å²) in [5, 5.41) is 8.79. The van der Waals surface area contributed by atoms with Crippen molar-refractivity contribution in [3.8, 4) is 11.5 Å². The zero-order chi connectivity index (χ0) is 16.1. The monoisotopic (exact) mass is 308 g/mol. The normalized spacial score (nSPS) is 10.9. The lowest BCUT2D eigenvalue weighted by Crippen LogP contribution is -2.07. The second kappa shape index (κ2) is 7.13. The maximum atomic E-state index is 10.7. The number of methoxy groups -OCH3 is 3. The number of hydrogen-bond donors (Lipinski definition) is 1. The molecule has 0 aliphatic carbocycles. The van der Waals surface area contributed by atoms with Crippen molar-refractivity contribution in [1.29, 1.82) is 0 Å². The lowest BCUT2D eigenvalue weighted by atomic mass is 10.2. The minimum Gasteiger partial charge on any atom is -0.493 e. The topological polar surface area (TPSA) is 82.8 Å². The van der Waals surface area contributed by atoms with Crippen LogP contribution in [0.3, 0.4) is 0 Å². The lowest BCUT2D eigenvalue weighted by Gasteiger charge is -2.10. The molecule has 0 saturated carbocycles. The summed E-state index contributed by atoms with van der Waals surface area (Å²) < 4.78 is 17.7. The van der Waals surface area contributed by atoms with Gasteiger partial charge in [-0.15, -0.1) is 0 Å². The van der Waals surface area contributed by atoms with Crippen LogP contribution in [0.4, 0.5) is 0 Å². The summed E-state index contributed by atoms with van der Waals surface area (Å²) in [6.45, 7) is 0.906. The molecule has 22 heavy (non-hydrogen) atoms. The summed E-state index contributed by atoms with van der Waals surface area (Å²) >= 11 is 0. The van der Waals surface area contributed by atoms with E-state index in [0.29, 0.717) is 31.1 Å². The second-order valence-electron chi connectivity index (χ2n) is 4.81. The molecule has 0 radical (unpaired) electrons. The molecule has 0 unspecified atom stereocenters. The first-order valence-corrected chi connectivity index (χ1v) is 6.92. The molecular weight excluding hydrogens is 288 g/mol. The fraction of sp³-hybridized carbons (Fsp3) is 0.467. The van der Waals surface area contributed by atoms with Gasteiger partial charge < -0.3 is 23.9 Å². The van der Waals surface area contributed by atoms with E-state index in [-0.39, 0.29) is 6.42 Å². The summed E-state index contributed by atoms with van der Waals surface area (Å²) in [6, 6.07) is 3.65. The third kappa shape index (κ3) is 3.30. The van der Waals surface area contributed by atoms with Crippen LogP contribution in [0.1, 0.15) is 18.7 Å². The van der Waals surface area contributed by atoms with Gasteiger partial charge in [0.1, 0.15) is 12.4 Å². The van der Waals surface area contributed by atoms with Gasteiger partial charge >= 0.3 is 5.97 Å². The number of aliphatic carboxylic acids is 1. The van der Waals surface area contributed by atoms with Gasteiger partial charge in [-0.25, -0.2) is 4.98 Å². The molecule has 0 bridgehead atoms. The smallest absolute Gasteiger partial charge is 0.303 e. The second-order valence-corrected chi connectivity index (χ2v) is 4.81. The van der Waals surface area contributed by atoms with E-state index in [1.165, 1.54) is 0 Å². The van der Waals surface area contributed by atoms with Gasteiger partial charge in [-0.1, -0.05) is 0 Å². The Morgan fingerprint density at radius 3 is 2.50 bits per heavy atom. The molecule has 1 aromatic heterocycles. The van der Waals surface area contributed by atoms with Gasteiger partial charge in [-0.2, -0.15) is 0 Å². The van der Waals surface area contributed by atoms with Crippen LogP contribution >= 0.6 is 0 Å². The standard InChI is InChI=1S/C15H20N2O5/c1-20-9-14-16-10-7-12(21-2)13(22-3)8-11(10)17(14)6-4-5-15(18)19/h7-8H,4-6,9H2,1-3H3,(H,18,19). The number of hydrogen-bond acceptors (Lipinski definition) is 5. The van der Waals surface area contributed by atoms with Crippen LogP contribution in [0.5, 0.6) is 11.5 Å². The van der Waals surface area contributed by atoms with Gasteiger partial charge in [-0.05, 0) is 6.42 Å². The van der Waals surface area contributed by atoms with Crippen LogP contribution in [-0.2, 0) is 22.7 Å². The third-order valence-corrected chi connectivity index (χ3v) is 3.38. The van der Waals surface area contributed by atoms with Crippen LogP contribution in [0, 0.1) is 0 Å². The van der Waals surface area contributed by atoms with E-state index in [4.69, 9.17) is 19.3 Å². The quantitative estimate of drug-likeness (QED) is 0.804. The van der Waals surface area contributed by atoms with Crippen molar-refractivity contribution in [3.63, 3.8) is 0 Å². The zero-order valence-corrected chi connectivity index (χ0v) is 13.0. The number of carboxylic acids is 1. The Bertz CT molecular complexity index is 665. The van der Waals surface area contributed by atoms with Crippen LogP contribution in [0.25, 0.3) is 11.0 Å². The Labute approximate surface area is 128 Å². The molecule has 7 nitrogen and oxygen atoms in total. The van der Waals surface area contributed by atoms with E-state index < -0.39 is 5.97 Å². The largest absolute Gasteiger partial charge is 0.493 e. The molecule has 0 amide bonds. The number of fused-ring (bicyclic) bond motifs is 1. The number of nitrogens with zero attached hydrogens (tertiary/aromatic N) is 2. The highest BCUT2D eigenvalue weighted by Gasteiger charge is 2.15. The molecular formula is C15H20N2O5. The lowest BCUT2D eigenvalue weighted by molar-refractivity contribution is -0.137. The minimum absolute atomic E-state index is 0.111. The van der Waals surface area contributed by atoms with Gasteiger partial charge in [-0.3, -0.25) is 4.79 Å². The molecule has 0 aliphatic heterocycles. The van der Waals surface area contributed by atoms with Crippen LogP contribution in [0.15, 0.2) is 12.1 Å². The van der Waals surface area contributed by atoms with E-state index in [0.717, 1.165) is 16.9 Å². The third-order valence-electron chi connectivity index (χ3n) is 3.38. The number of ether oxygens (including phenoxy) is 3. The molecule has 0 spiro atoms. The molecule has 7 heteroatoms. The average molecular weight is 308 g/mol. The Morgan fingerprint density at radius 1 is 1.23 bits per heavy atom. The molecule has 1 N–H and O–H groups in total. The van der Waals surface area contributed by atoms with Gasteiger partial charge in [0, 0.05) is 32.2 Å². The number of aryl methyl sites for hydroxylation is 1. The molecule has 0 saturated heterocycles. The number of rotatable bonds is 8. The average Bonchev–Trinajstić information content (AvgIpc) is 2.82. The first-order valence-electron chi connectivity index (χ1n) is 6.92. The Kier molecular flexibility index (Phi) is 5.21. The van der Waals surface area contributed by atoms with E-state index in [1.807, 2.05) is 10.6 Å². The molecule has 1 heterocycles. The zero-order valence-electron chi connectivity index (χ0n) is 13.0. The van der Waals surface area contributed by atoms with E-state index in [1.54, 1.807) is 27.4 Å². The van der Waals surface area contributed by atoms with Crippen molar-refractivity contribution in [2.45, 2.75) is 26.0 Å². The highest BCUT2D eigenvalue weighted by atomic mass is 16.5. The maximum Gasteiger partial charge on any atom is 0.303 e. The predicted molar refractivity (Wildman–Crippen MR) is 80.4 cm³/mol. The minimum atomic E-state index is -0.808. The predicted octanol–water partition coefficient (Wildman–Crippen LogP) is 2.06. The summed E-state index contributed by atoms with van der Waals surface area (Å²) in [4.78, 5) is 15.2. The van der Waals surface area contributed by atoms with E-state index >= 15 is 0 Å². The number of aromatic nitrogens is 2. The van der Waals surface area contributed by atoms with Gasteiger partial charge in [0.2, 0.25) is 0 Å². The SMILES string of the molecule is COCc1nc2cc(OC)c(OC)cc2n1CCCC(=O)O. The summed E-state index contributed by atoms with van der Waals surface area (Å²) in [7, 11) is 4.75. The van der Waals surface area contributed by atoms with E-state index in [9.17, 15) is 4.79 Å². The fourth-order valence-electron chi connectivity index (χ4n) is 2.38. The fourth-order valence-corrected chi connectivity index (χ4v) is 2.38. The Balaban J connectivity index is 2.44. The summed E-state index contributed by atoms with van der Waals surface area (Å²) in [5.74, 6) is 1.16. The molecule has 0 aliphatic rings. The Morgan fingerprint density at radius 2 is 1.91 bits per heavy atom. The van der Waals surface area contributed by atoms with Crippen molar-refractivity contribution >= 4 is 17.0 Å². The number of benzene rings is 1. The maximum absolute atomic E-state index is 10.7. The highest BCUT2D eigenvalue weighted by molar-refractivity contribution is 5.80. The summed E-state index contributed by atoms with van der Waals surface area (Å²) in [6.07, 6.45) is 0.630. The molecule has 0 fully saturated rings. The molecule has 120 valence electrons. The Hall–Kier alpha value is -2.28. The number of imidazole rings is 1. The van der Waals surface area contributed by atoms with Crippen LogP contribution in [0.2, 0.25) is 0 Å². The first kappa shape index (κ1) is 16.1. The number of carbonyl (C=O) groups is 1. The van der Waals surface area contributed by atoms with Crippen molar-refractivity contribution < 1.29 is 24.1 Å². The first-order chi connectivity index (χ1) is 10.6. The van der Waals surface area contributed by atoms with Crippen molar-refractivity contribution in [3.05, 3.63) is 18.0 Å². The van der Waals surface area contributed by atoms with E-state index in [2.05, 4.69) is 4.98 Å². The van der Waals surface area contributed by atoms with Crippen molar-refractivity contribution in [2.24, 2.45) is 0 Å². The van der Waals surface area contributed by atoms with Crippen LogP contribution in [-0.4, -0.2) is 42.0 Å². The van der Waals surface area contributed by atoms with Crippen molar-refractivity contribution in [1.82, 2.24) is 9.55 Å². The summed E-state index contributed by atoms with van der Waals surface area (Å²) in [5.41, 5.74) is 1.63. The number of carboxylic acid groups (broad SMARTS) is 1. The van der Waals surface area contributed by atoms with Crippen molar-refractivity contribution in [2.75, 3.05) is 21.3 Å². The highest BCUT2D eigenvalue weighted by Crippen LogP contribution is 2.32. The molecule has 1 aromatic carbocycles. The van der Waals surface area contributed by atoms with Gasteiger partial charge in [0.25, 0.3) is 0 Å². The molecule has 0 atom stereocenters.